The number of carbonyl (C=O) groups excluding carboxylic acids is 2. The molecule has 5 nitrogen and oxygen atoms in total. The molecule has 0 N–H and O–H groups in total. The van der Waals surface area contributed by atoms with Crippen LogP contribution in [0.15, 0.2) is 54.6 Å². The van der Waals surface area contributed by atoms with Gasteiger partial charge in [-0.2, -0.15) is 0 Å². The maximum absolute atomic E-state index is 13.0. The van der Waals surface area contributed by atoms with Gasteiger partial charge in [0.05, 0.1) is 6.61 Å². The van der Waals surface area contributed by atoms with Crippen LogP contribution in [-0.4, -0.2) is 54.5 Å². The Morgan fingerprint density at radius 2 is 1.72 bits per heavy atom. The minimum atomic E-state index is -0.336. The van der Waals surface area contributed by atoms with E-state index in [4.69, 9.17) is 4.74 Å². The minimum Gasteiger partial charge on any atom is -0.465 e. The second-order valence-corrected chi connectivity index (χ2v) is 8.05. The molecular weight excluding hydrogens is 364 g/mol. The standard InChI is InChI=1S/C24H28N2O3/c1-2-29-22(27)17-26-18-24(21-11-7-6-10-20(21)23(26)28)12-14-25(15-13-24)16-19-8-4-3-5-9-19/h3-11H,2,12-18H2,1H3. The fourth-order valence-corrected chi connectivity index (χ4v) is 4.72. The van der Waals surface area contributed by atoms with E-state index in [9.17, 15) is 9.59 Å². The number of rotatable bonds is 5. The molecule has 0 radical (unpaired) electrons. The number of likely N-dealkylation sites (tertiary alicyclic amines) is 1. The Bertz CT molecular complexity index is 873. The molecule has 0 aromatic heterocycles. The van der Waals surface area contributed by atoms with Crippen molar-refractivity contribution in [2.45, 2.75) is 31.7 Å². The number of esters is 1. The Hall–Kier alpha value is -2.66. The predicted molar refractivity (Wildman–Crippen MR) is 112 cm³/mol. The van der Waals surface area contributed by atoms with Crippen LogP contribution in [0, 0.1) is 0 Å². The molecule has 1 amide bonds. The van der Waals surface area contributed by atoms with E-state index in [0.717, 1.165) is 43.6 Å². The maximum Gasteiger partial charge on any atom is 0.325 e. The summed E-state index contributed by atoms with van der Waals surface area (Å²) in [5.74, 6) is -0.400. The van der Waals surface area contributed by atoms with Crippen molar-refractivity contribution in [1.82, 2.24) is 9.80 Å². The van der Waals surface area contributed by atoms with Gasteiger partial charge in [-0.25, -0.2) is 0 Å². The quantitative estimate of drug-likeness (QED) is 0.733. The average molecular weight is 392 g/mol. The molecule has 2 heterocycles. The molecule has 2 aliphatic heterocycles. The first-order valence-corrected chi connectivity index (χ1v) is 10.4. The summed E-state index contributed by atoms with van der Waals surface area (Å²) in [7, 11) is 0. The van der Waals surface area contributed by atoms with E-state index < -0.39 is 0 Å². The molecular formula is C24H28N2O3. The molecule has 0 atom stereocenters. The van der Waals surface area contributed by atoms with E-state index in [1.165, 1.54) is 5.56 Å². The van der Waals surface area contributed by atoms with Crippen molar-refractivity contribution in [3.05, 3.63) is 71.3 Å². The van der Waals surface area contributed by atoms with Crippen molar-refractivity contribution in [2.75, 3.05) is 32.8 Å². The third-order valence-corrected chi connectivity index (χ3v) is 6.20. The zero-order valence-electron chi connectivity index (χ0n) is 17.0. The number of fused-ring (bicyclic) bond motifs is 2. The third kappa shape index (κ3) is 4.06. The highest BCUT2D eigenvalue weighted by molar-refractivity contribution is 5.99. The average Bonchev–Trinajstić information content (AvgIpc) is 2.74. The number of benzene rings is 2. The van der Waals surface area contributed by atoms with E-state index in [0.29, 0.717) is 13.2 Å². The van der Waals surface area contributed by atoms with Crippen molar-refractivity contribution < 1.29 is 14.3 Å². The summed E-state index contributed by atoms with van der Waals surface area (Å²) in [6.07, 6.45) is 1.95. The second kappa shape index (κ2) is 8.37. The molecule has 0 bridgehead atoms. The zero-order valence-corrected chi connectivity index (χ0v) is 17.0. The molecule has 29 heavy (non-hydrogen) atoms. The summed E-state index contributed by atoms with van der Waals surface area (Å²) in [5.41, 5.74) is 3.11. The summed E-state index contributed by atoms with van der Waals surface area (Å²) in [6, 6.07) is 18.5. The van der Waals surface area contributed by atoms with Crippen LogP contribution in [-0.2, 0) is 21.5 Å². The van der Waals surface area contributed by atoms with Crippen LogP contribution < -0.4 is 0 Å². The number of hydrogen-bond donors (Lipinski definition) is 0. The fourth-order valence-electron chi connectivity index (χ4n) is 4.72. The molecule has 0 saturated carbocycles. The first kappa shape index (κ1) is 19.6. The molecule has 5 heteroatoms. The Kier molecular flexibility index (Phi) is 5.67. The van der Waals surface area contributed by atoms with Crippen molar-refractivity contribution in [1.29, 1.82) is 0 Å². The van der Waals surface area contributed by atoms with E-state index in [1.807, 2.05) is 24.3 Å². The molecule has 1 saturated heterocycles. The Morgan fingerprint density at radius 1 is 1.03 bits per heavy atom. The lowest BCUT2D eigenvalue weighted by Gasteiger charge is -2.48. The molecule has 2 aromatic rings. The van der Waals surface area contributed by atoms with Crippen LogP contribution >= 0.6 is 0 Å². The summed E-state index contributed by atoms with van der Waals surface area (Å²) in [4.78, 5) is 29.2. The molecule has 1 spiro atoms. The largest absolute Gasteiger partial charge is 0.465 e. The van der Waals surface area contributed by atoms with Crippen molar-refractivity contribution in [3.63, 3.8) is 0 Å². The van der Waals surface area contributed by atoms with Gasteiger partial charge in [0.25, 0.3) is 5.91 Å². The number of carbonyl (C=O) groups is 2. The normalized spacial score (nSPS) is 18.5. The Balaban J connectivity index is 1.53. The van der Waals surface area contributed by atoms with Gasteiger partial charge in [0.15, 0.2) is 0 Å². The maximum atomic E-state index is 13.0. The van der Waals surface area contributed by atoms with E-state index >= 15 is 0 Å². The highest BCUT2D eigenvalue weighted by Gasteiger charge is 2.45. The van der Waals surface area contributed by atoms with Crippen LogP contribution in [0.25, 0.3) is 0 Å². The SMILES string of the molecule is CCOC(=O)CN1CC2(CCN(Cc3ccccc3)CC2)c2ccccc2C1=O. The van der Waals surface area contributed by atoms with Gasteiger partial charge >= 0.3 is 5.97 Å². The highest BCUT2D eigenvalue weighted by atomic mass is 16.5. The second-order valence-electron chi connectivity index (χ2n) is 8.05. The van der Waals surface area contributed by atoms with Crippen LogP contribution in [0.3, 0.4) is 0 Å². The van der Waals surface area contributed by atoms with Crippen molar-refractivity contribution >= 4 is 11.9 Å². The first-order chi connectivity index (χ1) is 14.1. The van der Waals surface area contributed by atoms with Gasteiger partial charge in [-0.3, -0.25) is 14.5 Å². The van der Waals surface area contributed by atoms with Gasteiger partial charge in [-0.15, -0.1) is 0 Å². The molecule has 4 rings (SSSR count). The van der Waals surface area contributed by atoms with Crippen LogP contribution in [0.5, 0.6) is 0 Å². The lowest BCUT2D eigenvalue weighted by Crippen LogP contribution is -2.55. The van der Waals surface area contributed by atoms with Crippen LogP contribution in [0.2, 0.25) is 0 Å². The Morgan fingerprint density at radius 3 is 2.45 bits per heavy atom. The number of ether oxygens (including phenoxy) is 1. The van der Waals surface area contributed by atoms with Gasteiger partial charge in [0.2, 0.25) is 0 Å². The van der Waals surface area contributed by atoms with Crippen LogP contribution in [0.1, 0.15) is 41.3 Å². The van der Waals surface area contributed by atoms with Gasteiger partial charge in [-0.05, 0) is 50.0 Å². The first-order valence-electron chi connectivity index (χ1n) is 10.4. The fraction of sp³-hybridized carbons (Fsp3) is 0.417. The molecule has 0 aliphatic carbocycles. The smallest absolute Gasteiger partial charge is 0.325 e. The van der Waals surface area contributed by atoms with Crippen molar-refractivity contribution in [2.24, 2.45) is 0 Å². The van der Waals surface area contributed by atoms with E-state index in [-0.39, 0.29) is 23.8 Å². The topological polar surface area (TPSA) is 49.9 Å². The van der Waals surface area contributed by atoms with E-state index in [2.05, 4.69) is 35.2 Å². The van der Waals surface area contributed by atoms with Gasteiger partial charge in [-0.1, -0.05) is 48.5 Å². The third-order valence-electron chi connectivity index (χ3n) is 6.20. The monoisotopic (exact) mass is 392 g/mol. The summed E-state index contributed by atoms with van der Waals surface area (Å²) >= 11 is 0. The lowest BCUT2D eigenvalue weighted by molar-refractivity contribution is -0.144. The Labute approximate surface area is 172 Å². The molecule has 1 fully saturated rings. The summed E-state index contributed by atoms with van der Waals surface area (Å²) < 4.78 is 5.10. The van der Waals surface area contributed by atoms with E-state index in [1.54, 1.807) is 11.8 Å². The van der Waals surface area contributed by atoms with Crippen molar-refractivity contribution in [3.8, 4) is 0 Å². The van der Waals surface area contributed by atoms with Gasteiger partial charge < -0.3 is 9.64 Å². The number of piperidine rings is 1. The predicted octanol–water partition coefficient (Wildman–Crippen LogP) is 3.24. The molecule has 2 aliphatic rings. The molecule has 0 unspecified atom stereocenters. The number of hydrogen-bond acceptors (Lipinski definition) is 4. The summed E-state index contributed by atoms with van der Waals surface area (Å²) in [6.45, 7) is 5.63. The number of nitrogens with zero attached hydrogens (tertiary/aromatic N) is 2. The minimum absolute atomic E-state index is 0.0243. The summed E-state index contributed by atoms with van der Waals surface area (Å²) in [5, 5.41) is 0. The zero-order chi connectivity index (χ0) is 20.3. The highest BCUT2D eigenvalue weighted by Crippen LogP contribution is 2.41. The van der Waals surface area contributed by atoms with Crippen LogP contribution in [0.4, 0.5) is 0 Å². The van der Waals surface area contributed by atoms with Gasteiger partial charge in [0.1, 0.15) is 6.54 Å². The molecule has 152 valence electrons. The lowest BCUT2D eigenvalue weighted by atomic mass is 9.68. The van der Waals surface area contributed by atoms with Gasteiger partial charge in [0, 0.05) is 24.1 Å². The molecule has 2 aromatic carbocycles. The number of amides is 1.